The first-order chi connectivity index (χ1) is 14.6. The lowest BCUT2D eigenvalue weighted by atomic mass is 10.1. The fraction of sp³-hybridized carbons (Fsp3) is 0.200. The number of rotatable bonds is 7. The number of primary amides is 1. The third-order valence-corrected chi connectivity index (χ3v) is 3.66. The number of nitrogens with one attached hydrogen (secondary N) is 2. The van der Waals surface area contributed by atoms with E-state index in [4.69, 9.17) is 14.9 Å². The Morgan fingerprint density at radius 2 is 1.87 bits per heavy atom. The van der Waals surface area contributed by atoms with Crippen LogP contribution in [-0.2, 0) is 18.0 Å². The molecule has 0 aliphatic rings. The van der Waals surface area contributed by atoms with Crippen molar-refractivity contribution in [1.29, 1.82) is 0 Å². The second kappa shape index (κ2) is 13.6. The standard InChI is InChI=1S/C12H15N5O.C8H7FO.F2/c1-14-7-11-16-9-5-3-2-4-8(9)12(17-11)15-6-10(13)18;9-5-7-2-1-3-8(4-7)6-10;1-2/h2-5,14H,6-7H2,1H3,(H2,13,18)(H,15,16,17);1-4,6H,5H2;. The van der Waals surface area contributed by atoms with Crippen LogP contribution in [0.4, 0.5) is 19.4 Å². The van der Waals surface area contributed by atoms with Gasteiger partial charge in [0.1, 0.15) is 24.6 Å². The number of fused-ring (bicyclic) bond motifs is 1. The predicted molar refractivity (Wildman–Crippen MR) is 109 cm³/mol. The third kappa shape index (κ3) is 7.84. The Morgan fingerprint density at radius 1 is 1.13 bits per heavy atom. The van der Waals surface area contributed by atoms with E-state index in [-0.39, 0.29) is 6.54 Å². The van der Waals surface area contributed by atoms with E-state index in [0.29, 0.717) is 35.6 Å². The van der Waals surface area contributed by atoms with Crippen LogP contribution >= 0.6 is 0 Å². The van der Waals surface area contributed by atoms with E-state index in [1.165, 1.54) is 6.07 Å². The summed E-state index contributed by atoms with van der Waals surface area (Å²) >= 11 is 0. The number of alkyl halides is 1. The number of aldehydes is 1. The molecule has 0 atom stereocenters. The molecule has 3 rings (SSSR count). The Bertz CT molecular complexity index is 957. The summed E-state index contributed by atoms with van der Waals surface area (Å²) in [5, 5.41) is 6.80. The van der Waals surface area contributed by atoms with Crippen molar-refractivity contribution in [1.82, 2.24) is 15.3 Å². The normalized spacial score (nSPS) is 9.60. The maximum atomic E-state index is 11.9. The number of para-hydroxylation sites is 1. The molecule has 0 aliphatic heterocycles. The van der Waals surface area contributed by atoms with Crippen LogP contribution in [0.5, 0.6) is 0 Å². The molecule has 1 heterocycles. The Balaban J connectivity index is 0.000000318. The summed E-state index contributed by atoms with van der Waals surface area (Å²) in [6, 6.07) is 14.1. The molecule has 0 fully saturated rings. The minimum Gasteiger partial charge on any atom is -0.368 e. The number of carbonyl (C=O) groups excluding carboxylic acids is 2. The van der Waals surface area contributed by atoms with Gasteiger partial charge in [-0.3, -0.25) is 9.59 Å². The van der Waals surface area contributed by atoms with Crippen LogP contribution in [0.25, 0.3) is 10.9 Å². The largest absolute Gasteiger partial charge is 0.368 e. The zero-order valence-electron chi connectivity index (χ0n) is 16.2. The predicted octanol–water partition coefficient (Wildman–Crippen LogP) is 3.06. The van der Waals surface area contributed by atoms with Crippen molar-refractivity contribution in [3.05, 3.63) is 65.5 Å². The number of nitrogens with two attached hydrogens (primary N) is 1. The summed E-state index contributed by atoms with van der Waals surface area (Å²) < 4.78 is 27.9. The number of halogens is 3. The minimum absolute atomic E-state index is 0.0556. The van der Waals surface area contributed by atoms with Crippen molar-refractivity contribution in [3.63, 3.8) is 0 Å². The average Bonchev–Trinajstić information content (AvgIpc) is 2.79. The van der Waals surface area contributed by atoms with E-state index in [0.717, 1.165) is 10.9 Å². The van der Waals surface area contributed by atoms with Crippen molar-refractivity contribution in [2.45, 2.75) is 13.2 Å². The van der Waals surface area contributed by atoms with Crippen molar-refractivity contribution in [3.8, 4) is 0 Å². The highest BCUT2D eigenvalue weighted by molar-refractivity contribution is 5.90. The smallest absolute Gasteiger partial charge is 0.236 e. The van der Waals surface area contributed by atoms with Crippen LogP contribution in [0, 0.1) is 0 Å². The maximum absolute atomic E-state index is 11.9. The molecule has 2 aromatic carbocycles. The number of benzene rings is 2. The van der Waals surface area contributed by atoms with Gasteiger partial charge in [-0.25, -0.2) is 14.4 Å². The quantitative estimate of drug-likeness (QED) is 0.506. The number of amides is 1. The van der Waals surface area contributed by atoms with Gasteiger partial charge in [0.2, 0.25) is 5.91 Å². The minimum atomic E-state index is -0.512. The van der Waals surface area contributed by atoms with Gasteiger partial charge in [-0.05, 0) is 30.8 Å². The molecule has 0 unspecified atom stereocenters. The van der Waals surface area contributed by atoms with Gasteiger partial charge >= 0.3 is 0 Å². The molecule has 0 spiro atoms. The zero-order chi connectivity index (χ0) is 22.4. The highest BCUT2D eigenvalue weighted by atomic mass is 20.0. The number of aromatic nitrogens is 2. The molecule has 160 valence electrons. The topological polar surface area (TPSA) is 110 Å². The van der Waals surface area contributed by atoms with E-state index < -0.39 is 12.6 Å². The van der Waals surface area contributed by atoms with E-state index >= 15 is 0 Å². The van der Waals surface area contributed by atoms with Crippen molar-refractivity contribution in [2.75, 3.05) is 18.9 Å². The lowest BCUT2D eigenvalue weighted by Gasteiger charge is -2.09. The molecule has 3 aromatic rings. The summed E-state index contributed by atoms with van der Waals surface area (Å²) in [6.07, 6.45) is 0.707. The van der Waals surface area contributed by atoms with E-state index in [2.05, 4.69) is 20.6 Å². The zero-order valence-corrected chi connectivity index (χ0v) is 16.2. The SMILES string of the molecule is CNCc1nc(NCC(N)=O)c2ccccc2n1.FF.O=Cc1cccc(CF)c1. The van der Waals surface area contributed by atoms with Crippen molar-refractivity contribution in [2.24, 2.45) is 5.73 Å². The summed E-state index contributed by atoms with van der Waals surface area (Å²) in [5.41, 5.74) is 7.03. The monoisotopic (exact) mass is 421 g/mol. The molecule has 10 heteroatoms. The first-order valence-electron chi connectivity index (χ1n) is 8.74. The first-order valence-corrected chi connectivity index (χ1v) is 8.74. The Morgan fingerprint density at radius 3 is 2.50 bits per heavy atom. The second-order valence-electron chi connectivity index (χ2n) is 5.85. The molecular weight excluding hydrogens is 399 g/mol. The molecule has 4 N–H and O–H groups in total. The van der Waals surface area contributed by atoms with Gasteiger partial charge in [-0.15, -0.1) is 0 Å². The number of hydrogen-bond acceptors (Lipinski definition) is 6. The summed E-state index contributed by atoms with van der Waals surface area (Å²) in [5.74, 6) is 0.876. The summed E-state index contributed by atoms with van der Waals surface area (Å²) in [4.78, 5) is 29.8. The molecule has 0 saturated carbocycles. The Labute approximate surface area is 171 Å². The fourth-order valence-electron chi connectivity index (χ4n) is 2.42. The van der Waals surface area contributed by atoms with Gasteiger partial charge in [0.05, 0.1) is 18.6 Å². The van der Waals surface area contributed by atoms with E-state index in [1.807, 2.05) is 31.3 Å². The van der Waals surface area contributed by atoms with Gasteiger partial charge in [-0.1, -0.05) is 30.3 Å². The van der Waals surface area contributed by atoms with Crippen molar-refractivity contribution < 1.29 is 23.1 Å². The van der Waals surface area contributed by atoms with Crippen molar-refractivity contribution >= 4 is 28.9 Å². The van der Waals surface area contributed by atoms with Gasteiger partial charge in [-0.2, -0.15) is 0 Å². The number of nitrogens with zero attached hydrogens (tertiary/aromatic N) is 2. The van der Waals surface area contributed by atoms with Crippen LogP contribution in [0.3, 0.4) is 0 Å². The maximum Gasteiger partial charge on any atom is 0.236 e. The van der Waals surface area contributed by atoms with Crippen LogP contribution in [-0.4, -0.2) is 35.8 Å². The second-order valence-corrected chi connectivity index (χ2v) is 5.85. The molecule has 0 aliphatic carbocycles. The molecular formula is C20H22F3N5O2. The molecule has 0 bridgehead atoms. The lowest BCUT2D eigenvalue weighted by molar-refractivity contribution is -0.116. The van der Waals surface area contributed by atoms with Crippen LogP contribution in [0.15, 0.2) is 48.5 Å². The first kappa shape index (κ1) is 24.5. The van der Waals surface area contributed by atoms with E-state index in [9.17, 15) is 14.0 Å². The summed E-state index contributed by atoms with van der Waals surface area (Å²) in [7, 11) is 1.83. The van der Waals surface area contributed by atoms with Gasteiger partial charge < -0.3 is 16.4 Å². The van der Waals surface area contributed by atoms with Gasteiger partial charge in [0, 0.05) is 20.1 Å². The molecule has 7 nitrogen and oxygen atoms in total. The number of anilines is 1. The molecule has 0 saturated heterocycles. The Kier molecular flexibility index (Phi) is 11.1. The number of hydrogen-bond donors (Lipinski definition) is 3. The molecule has 1 amide bonds. The van der Waals surface area contributed by atoms with Gasteiger partial charge in [0.25, 0.3) is 0 Å². The van der Waals surface area contributed by atoms with E-state index in [1.54, 1.807) is 18.2 Å². The molecule has 30 heavy (non-hydrogen) atoms. The number of carbonyl (C=O) groups is 2. The van der Waals surface area contributed by atoms with Crippen LogP contribution in [0.2, 0.25) is 0 Å². The fourth-order valence-corrected chi connectivity index (χ4v) is 2.42. The Hall–Kier alpha value is -3.53. The average molecular weight is 421 g/mol. The molecule has 1 aromatic heterocycles. The molecule has 0 radical (unpaired) electrons. The third-order valence-electron chi connectivity index (χ3n) is 3.66. The highest BCUT2D eigenvalue weighted by Crippen LogP contribution is 2.19. The lowest BCUT2D eigenvalue weighted by Crippen LogP contribution is -2.23. The van der Waals surface area contributed by atoms with Crippen LogP contribution < -0.4 is 16.4 Å². The summed E-state index contributed by atoms with van der Waals surface area (Å²) in [6.45, 7) is 0.109. The van der Waals surface area contributed by atoms with Crippen LogP contribution in [0.1, 0.15) is 21.7 Å². The highest BCUT2D eigenvalue weighted by Gasteiger charge is 2.07. The van der Waals surface area contributed by atoms with Gasteiger partial charge in [0.15, 0.2) is 0 Å².